The molecule has 0 aliphatic heterocycles. The number of halogens is 1. The van der Waals surface area contributed by atoms with Crippen LogP contribution in [0.25, 0.3) is 11.0 Å². The summed E-state index contributed by atoms with van der Waals surface area (Å²) in [6.07, 6.45) is 1.69. The number of aliphatic imine (C=N–C) groups is 1. The minimum atomic E-state index is -0.410. The summed E-state index contributed by atoms with van der Waals surface area (Å²) in [5.41, 5.74) is 1.62. The minimum Gasteiger partial charge on any atom is -0.423 e. The topological polar surface area (TPSA) is 42.6 Å². The SMILES string of the molecule is O=c1cc(N=Cc2ccc(Cl)cc2)c2ccccc2o1. The first-order chi connectivity index (χ1) is 9.72. The molecule has 4 heteroatoms. The predicted octanol–water partition coefficient (Wildman–Crippen LogP) is 4.20. The van der Waals surface area contributed by atoms with Crippen LogP contribution < -0.4 is 5.63 Å². The molecule has 98 valence electrons. The van der Waals surface area contributed by atoms with Crippen LogP contribution in [0.2, 0.25) is 5.02 Å². The summed E-state index contributed by atoms with van der Waals surface area (Å²) in [5.74, 6) is 0. The van der Waals surface area contributed by atoms with E-state index in [9.17, 15) is 4.79 Å². The number of para-hydroxylation sites is 1. The van der Waals surface area contributed by atoms with E-state index in [1.165, 1.54) is 6.07 Å². The molecule has 1 aromatic heterocycles. The van der Waals surface area contributed by atoms with E-state index in [1.54, 1.807) is 24.4 Å². The lowest BCUT2D eigenvalue weighted by molar-refractivity contribution is 0.561. The third-order valence-electron chi connectivity index (χ3n) is 2.85. The minimum absolute atomic E-state index is 0.410. The summed E-state index contributed by atoms with van der Waals surface area (Å²) in [5, 5.41) is 1.48. The van der Waals surface area contributed by atoms with Gasteiger partial charge in [0.2, 0.25) is 0 Å². The second-order valence-electron chi connectivity index (χ2n) is 4.26. The van der Waals surface area contributed by atoms with Gasteiger partial charge in [-0.3, -0.25) is 4.99 Å². The van der Waals surface area contributed by atoms with Crippen molar-refractivity contribution in [3.05, 3.63) is 75.6 Å². The highest BCUT2D eigenvalue weighted by molar-refractivity contribution is 6.30. The molecule has 0 bridgehead atoms. The number of rotatable bonds is 2. The standard InChI is InChI=1S/C16H10ClNO2/c17-12-7-5-11(6-8-12)10-18-14-9-16(19)20-15-4-2-1-3-13(14)15/h1-10H. The molecule has 3 nitrogen and oxygen atoms in total. The van der Waals surface area contributed by atoms with Gasteiger partial charge in [0.15, 0.2) is 0 Å². The zero-order chi connectivity index (χ0) is 13.9. The number of hydrogen-bond donors (Lipinski definition) is 0. The Morgan fingerprint density at radius 2 is 1.80 bits per heavy atom. The highest BCUT2D eigenvalue weighted by Crippen LogP contribution is 2.23. The highest BCUT2D eigenvalue weighted by Gasteiger charge is 2.02. The van der Waals surface area contributed by atoms with E-state index in [2.05, 4.69) is 4.99 Å². The first-order valence-electron chi connectivity index (χ1n) is 6.05. The van der Waals surface area contributed by atoms with Crippen LogP contribution >= 0.6 is 11.6 Å². The van der Waals surface area contributed by atoms with E-state index in [0.717, 1.165) is 10.9 Å². The van der Waals surface area contributed by atoms with Gasteiger partial charge in [0.1, 0.15) is 5.58 Å². The molecule has 0 N–H and O–H groups in total. The zero-order valence-corrected chi connectivity index (χ0v) is 11.2. The molecule has 0 saturated heterocycles. The van der Waals surface area contributed by atoms with Gasteiger partial charge in [-0.1, -0.05) is 35.9 Å². The van der Waals surface area contributed by atoms with Gasteiger partial charge < -0.3 is 4.42 Å². The Kier molecular flexibility index (Phi) is 3.35. The summed E-state index contributed by atoms with van der Waals surface area (Å²) >= 11 is 5.83. The molecule has 2 aromatic carbocycles. The molecule has 0 unspecified atom stereocenters. The van der Waals surface area contributed by atoms with Gasteiger partial charge in [0.25, 0.3) is 0 Å². The molecule has 0 aliphatic rings. The van der Waals surface area contributed by atoms with E-state index < -0.39 is 5.63 Å². The number of benzene rings is 2. The van der Waals surface area contributed by atoms with Crippen molar-refractivity contribution in [1.29, 1.82) is 0 Å². The lowest BCUT2D eigenvalue weighted by atomic mass is 10.2. The van der Waals surface area contributed by atoms with Crippen molar-refractivity contribution in [3.8, 4) is 0 Å². The van der Waals surface area contributed by atoms with Crippen molar-refractivity contribution >= 4 is 34.5 Å². The average Bonchev–Trinajstić information content (AvgIpc) is 2.46. The largest absolute Gasteiger partial charge is 0.423 e. The Balaban J connectivity index is 2.06. The van der Waals surface area contributed by atoms with Gasteiger partial charge in [0, 0.05) is 16.6 Å². The van der Waals surface area contributed by atoms with Crippen molar-refractivity contribution in [1.82, 2.24) is 0 Å². The maximum Gasteiger partial charge on any atom is 0.338 e. The maximum absolute atomic E-state index is 11.5. The van der Waals surface area contributed by atoms with E-state index in [-0.39, 0.29) is 0 Å². The Morgan fingerprint density at radius 3 is 2.60 bits per heavy atom. The van der Waals surface area contributed by atoms with Crippen LogP contribution in [0.4, 0.5) is 5.69 Å². The van der Waals surface area contributed by atoms with Gasteiger partial charge in [0.05, 0.1) is 11.8 Å². The van der Waals surface area contributed by atoms with E-state index in [1.807, 2.05) is 30.3 Å². The van der Waals surface area contributed by atoms with Crippen LogP contribution in [-0.2, 0) is 0 Å². The summed E-state index contributed by atoms with van der Waals surface area (Å²) in [6.45, 7) is 0. The molecule has 3 rings (SSSR count). The van der Waals surface area contributed by atoms with Crippen LogP contribution in [0.3, 0.4) is 0 Å². The number of fused-ring (bicyclic) bond motifs is 1. The fourth-order valence-electron chi connectivity index (χ4n) is 1.89. The van der Waals surface area contributed by atoms with Crippen molar-refractivity contribution in [2.24, 2.45) is 4.99 Å². The normalized spacial score (nSPS) is 11.2. The van der Waals surface area contributed by atoms with E-state index in [0.29, 0.717) is 16.3 Å². The van der Waals surface area contributed by atoms with Crippen molar-refractivity contribution in [2.45, 2.75) is 0 Å². The predicted molar refractivity (Wildman–Crippen MR) is 81.2 cm³/mol. The Labute approximate surface area is 120 Å². The van der Waals surface area contributed by atoms with Gasteiger partial charge in [-0.2, -0.15) is 0 Å². The molecule has 0 amide bonds. The molecule has 1 heterocycles. The average molecular weight is 284 g/mol. The summed E-state index contributed by atoms with van der Waals surface area (Å²) < 4.78 is 5.12. The van der Waals surface area contributed by atoms with Crippen LogP contribution in [0.15, 0.2) is 68.8 Å². The first kappa shape index (κ1) is 12.6. The van der Waals surface area contributed by atoms with Gasteiger partial charge >= 0.3 is 5.63 Å². The van der Waals surface area contributed by atoms with Gasteiger partial charge in [-0.25, -0.2) is 4.79 Å². The molecule has 0 fully saturated rings. The van der Waals surface area contributed by atoms with Crippen LogP contribution in [0.1, 0.15) is 5.56 Å². The third kappa shape index (κ3) is 2.63. The second-order valence-corrected chi connectivity index (χ2v) is 4.69. The molecule has 20 heavy (non-hydrogen) atoms. The number of hydrogen-bond acceptors (Lipinski definition) is 3. The Hall–Kier alpha value is -2.39. The van der Waals surface area contributed by atoms with Crippen LogP contribution in [-0.4, -0.2) is 6.21 Å². The second kappa shape index (κ2) is 5.31. The molecule has 0 saturated carbocycles. The lowest BCUT2D eigenvalue weighted by Crippen LogP contribution is -1.95. The molecular weight excluding hydrogens is 274 g/mol. The quantitative estimate of drug-likeness (QED) is 0.522. The third-order valence-corrected chi connectivity index (χ3v) is 3.10. The first-order valence-corrected chi connectivity index (χ1v) is 6.43. The smallest absolute Gasteiger partial charge is 0.338 e. The highest BCUT2D eigenvalue weighted by atomic mass is 35.5. The molecule has 0 aliphatic carbocycles. The molecule has 3 aromatic rings. The van der Waals surface area contributed by atoms with Gasteiger partial charge in [-0.15, -0.1) is 0 Å². The van der Waals surface area contributed by atoms with Gasteiger partial charge in [-0.05, 0) is 29.8 Å². The van der Waals surface area contributed by atoms with Crippen molar-refractivity contribution < 1.29 is 4.42 Å². The number of nitrogens with zero attached hydrogens (tertiary/aromatic N) is 1. The summed E-state index contributed by atoms with van der Waals surface area (Å²) in [7, 11) is 0. The molecular formula is C16H10ClNO2. The maximum atomic E-state index is 11.5. The van der Waals surface area contributed by atoms with Crippen molar-refractivity contribution in [2.75, 3.05) is 0 Å². The van der Waals surface area contributed by atoms with Crippen molar-refractivity contribution in [3.63, 3.8) is 0 Å². The fourth-order valence-corrected chi connectivity index (χ4v) is 2.02. The molecule has 0 spiro atoms. The summed E-state index contributed by atoms with van der Waals surface area (Å²) in [4.78, 5) is 15.9. The van der Waals surface area contributed by atoms with Crippen LogP contribution in [0, 0.1) is 0 Å². The molecule has 0 atom stereocenters. The van der Waals surface area contributed by atoms with Crippen LogP contribution in [0.5, 0.6) is 0 Å². The zero-order valence-electron chi connectivity index (χ0n) is 10.4. The monoisotopic (exact) mass is 283 g/mol. The fraction of sp³-hybridized carbons (Fsp3) is 0. The molecule has 0 radical (unpaired) electrons. The Bertz CT molecular complexity index is 835. The van der Waals surface area contributed by atoms with E-state index >= 15 is 0 Å². The Morgan fingerprint density at radius 1 is 1.05 bits per heavy atom. The lowest BCUT2D eigenvalue weighted by Gasteiger charge is -1.99. The van der Waals surface area contributed by atoms with E-state index in [4.69, 9.17) is 16.0 Å². The summed E-state index contributed by atoms with van der Waals surface area (Å²) in [6, 6.07) is 16.0.